The average Bonchev–Trinajstić information content (AvgIpc) is 2.98. The summed E-state index contributed by atoms with van der Waals surface area (Å²) < 4.78 is 4.81. The topological polar surface area (TPSA) is 67.9 Å². The lowest BCUT2D eigenvalue weighted by Gasteiger charge is -2.24. The van der Waals surface area contributed by atoms with Gasteiger partial charge in [0.15, 0.2) is 0 Å². The van der Waals surface area contributed by atoms with E-state index >= 15 is 0 Å². The summed E-state index contributed by atoms with van der Waals surface area (Å²) in [5.74, 6) is 0. The molecule has 21 heavy (non-hydrogen) atoms. The number of benzene rings is 1. The highest BCUT2D eigenvalue weighted by Crippen LogP contribution is 2.17. The first kappa shape index (κ1) is 13.6. The Morgan fingerprint density at radius 1 is 1.24 bits per heavy atom. The average molecular weight is 283 g/mol. The number of hydrogen-bond donors (Lipinski definition) is 0. The summed E-state index contributed by atoms with van der Waals surface area (Å²) in [6, 6.07) is 6.27. The number of nitrogens with zero attached hydrogens (tertiary/aromatic N) is 5. The molecule has 0 radical (unpaired) electrons. The van der Waals surface area contributed by atoms with E-state index in [0.717, 1.165) is 35.3 Å². The molecule has 0 N–H and O–H groups in total. The van der Waals surface area contributed by atoms with Gasteiger partial charge in [-0.15, -0.1) is 0 Å². The van der Waals surface area contributed by atoms with Gasteiger partial charge in [-0.1, -0.05) is 12.1 Å². The van der Waals surface area contributed by atoms with Crippen LogP contribution in [0.2, 0.25) is 0 Å². The van der Waals surface area contributed by atoms with Crippen LogP contribution in [-0.4, -0.2) is 38.3 Å². The molecule has 0 fully saturated rings. The largest absolute Gasteiger partial charge is 0.299 e. The fraction of sp³-hybridized carbons (Fsp3) is 0.333. The van der Waals surface area contributed by atoms with Crippen molar-refractivity contribution in [2.45, 2.75) is 25.9 Å². The molecule has 0 saturated carbocycles. The van der Waals surface area contributed by atoms with E-state index in [-0.39, 0.29) is 0 Å². The molecular formula is C15H17N5O. The molecule has 2 heterocycles. The highest BCUT2D eigenvalue weighted by molar-refractivity contribution is 5.76. The maximum atomic E-state index is 4.81. The molecule has 0 spiro atoms. The molecular weight excluding hydrogens is 266 g/mol. The maximum Gasteiger partial charge on any atom is 0.139 e. The van der Waals surface area contributed by atoms with E-state index < -0.39 is 0 Å². The molecule has 0 aliphatic carbocycles. The minimum atomic E-state index is 0.344. The Hall–Kier alpha value is -2.34. The van der Waals surface area contributed by atoms with Gasteiger partial charge < -0.3 is 0 Å². The van der Waals surface area contributed by atoms with Gasteiger partial charge in [-0.2, -0.15) is 0 Å². The van der Waals surface area contributed by atoms with E-state index in [9.17, 15) is 0 Å². The fourth-order valence-corrected chi connectivity index (χ4v) is 2.31. The summed E-state index contributed by atoms with van der Waals surface area (Å²) in [6.07, 6.45) is 6.09. The van der Waals surface area contributed by atoms with Gasteiger partial charge in [-0.3, -0.25) is 14.9 Å². The van der Waals surface area contributed by atoms with E-state index in [1.165, 1.54) is 0 Å². The van der Waals surface area contributed by atoms with E-state index in [2.05, 4.69) is 45.2 Å². The normalized spacial score (nSPS) is 12.9. The smallest absolute Gasteiger partial charge is 0.139 e. The van der Waals surface area contributed by atoms with Crippen molar-refractivity contribution in [1.82, 2.24) is 25.2 Å². The van der Waals surface area contributed by atoms with Gasteiger partial charge in [0.05, 0.1) is 5.69 Å². The molecule has 0 aliphatic heterocycles. The van der Waals surface area contributed by atoms with Crippen LogP contribution in [0.4, 0.5) is 0 Å². The Bertz CT molecular complexity index is 712. The van der Waals surface area contributed by atoms with E-state index in [1.54, 1.807) is 12.4 Å². The Kier molecular flexibility index (Phi) is 3.87. The van der Waals surface area contributed by atoms with Crippen molar-refractivity contribution in [3.63, 3.8) is 0 Å². The first-order valence-corrected chi connectivity index (χ1v) is 6.89. The first-order chi connectivity index (χ1) is 10.2. The van der Waals surface area contributed by atoms with Crippen LogP contribution in [-0.2, 0) is 13.0 Å². The molecule has 0 saturated heterocycles. The second-order valence-electron chi connectivity index (χ2n) is 5.21. The quantitative estimate of drug-likeness (QED) is 0.714. The van der Waals surface area contributed by atoms with Gasteiger partial charge in [-0.25, -0.2) is 4.63 Å². The molecule has 6 nitrogen and oxygen atoms in total. The molecule has 3 rings (SSSR count). The Morgan fingerprint density at radius 2 is 2.14 bits per heavy atom. The van der Waals surface area contributed by atoms with Crippen LogP contribution >= 0.6 is 0 Å². The molecule has 6 heteroatoms. The van der Waals surface area contributed by atoms with Crippen LogP contribution in [0.15, 0.2) is 41.4 Å². The van der Waals surface area contributed by atoms with Gasteiger partial charge in [-0.05, 0) is 35.9 Å². The zero-order valence-electron chi connectivity index (χ0n) is 12.1. The standard InChI is InChI=1S/C15H17N5O/c1-11(8-13-9-16-6-7-17-13)20(2)10-12-4-3-5-14-15(12)19-21-18-14/h3-7,9,11H,8,10H2,1-2H3/t11-/m0/s1. The molecule has 1 atom stereocenters. The van der Waals surface area contributed by atoms with E-state index in [4.69, 9.17) is 4.63 Å². The van der Waals surface area contributed by atoms with Crippen molar-refractivity contribution in [2.24, 2.45) is 0 Å². The lowest BCUT2D eigenvalue weighted by molar-refractivity contribution is 0.247. The van der Waals surface area contributed by atoms with Gasteiger partial charge in [0, 0.05) is 37.6 Å². The number of likely N-dealkylation sites (N-methyl/N-ethyl adjacent to an activating group) is 1. The molecule has 2 aromatic heterocycles. The molecule has 0 aliphatic rings. The highest BCUT2D eigenvalue weighted by Gasteiger charge is 2.14. The fourth-order valence-electron chi connectivity index (χ4n) is 2.31. The summed E-state index contributed by atoms with van der Waals surface area (Å²) >= 11 is 0. The zero-order chi connectivity index (χ0) is 14.7. The van der Waals surface area contributed by atoms with Gasteiger partial charge in [0.1, 0.15) is 11.0 Å². The molecule has 0 unspecified atom stereocenters. The number of rotatable bonds is 5. The van der Waals surface area contributed by atoms with Crippen LogP contribution in [0.3, 0.4) is 0 Å². The van der Waals surface area contributed by atoms with Crippen LogP contribution in [0.25, 0.3) is 11.0 Å². The van der Waals surface area contributed by atoms with Crippen molar-refractivity contribution in [2.75, 3.05) is 7.05 Å². The molecule has 108 valence electrons. The van der Waals surface area contributed by atoms with Crippen molar-refractivity contribution >= 4 is 11.0 Å². The van der Waals surface area contributed by atoms with Crippen molar-refractivity contribution in [3.05, 3.63) is 48.0 Å². The summed E-state index contributed by atoms with van der Waals surface area (Å²) in [6.45, 7) is 2.96. The molecule has 0 bridgehead atoms. The minimum Gasteiger partial charge on any atom is -0.299 e. The SMILES string of the molecule is C[C@@H](Cc1cnccn1)N(C)Cc1cccc2nonc12. The van der Waals surface area contributed by atoms with E-state index in [1.807, 2.05) is 18.3 Å². The predicted molar refractivity (Wildman–Crippen MR) is 78.5 cm³/mol. The van der Waals surface area contributed by atoms with E-state index in [0.29, 0.717) is 6.04 Å². The second kappa shape index (κ2) is 5.97. The predicted octanol–water partition coefficient (Wildman–Crippen LogP) is 2.08. The summed E-state index contributed by atoms with van der Waals surface area (Å²) in [5, 5.41) is 7.86. The highest BCUT2D eigenvalue weighted by atomic mass is 16.6. The number of hydrogen-bond acceptors (Lipinski definition) is 6. The number of fused-ring (bicyclic) bond motifs is 1. The summed E-state index contributed by atoms with van der Waals surface area (Å²) in [7, 11) is 2.09. The monoisotopic (exact) mass is 283 g/mol. The third-order valence-corrected chi connectivity index (χ3v) is 3.66. The summed E-state index contributed by atoms with van der Waals surface area (Å²) in [5.41, 5.74) is 3.74. The zero-order valence-corrected chi connectivity index (χ0v) is 12.1. The van der Waals surface area contributed by atoms with Crippen LogP contribution in [0.5, 0.6) is 0 Å². The lowest BCUT2D eigenvalue weighted by Crippen LogP contribution is -2.30. The van der Waals surface area contributed by atoms with Crippen LogP contribution < -0.4 is 0 Å². The molecule has 3 aromatic rings. The Balaban J connectivity index is 1.71. The molecule has 0 amide bonds. The van der Waals surface area contributed by atoms with Gasteiger partial charge >= 0.3 is 0 Å². The van der Waals surface area contributed by atoms with Gasteiger partial charge in [0.2, 0.25) is 0 Å². The van der Waals surface area contributed by atoms with Crippen LogP contribution in [0.1, 0.15) is 18.2 Å². The van der Waals surface area contributed by atoms with Crippen molar-refractivity contribution in [3.8, 4) is 0 Å². The van der Waals surface area contributed by atoms with Crippen LogP contribution in [0, 0.1) is 0 Å². The van der Waals surface area contributed by atoms with Gasteiger partial charge in [0.25, 0.3) is 0 Å². The maximum absolute atomic E-state index is 4.81. The van der Waals surface area contributed by atoms with Crippen molar-refractivity contribution < 1.29 is 4.63 Å². The summed E-state index contributed by atoms with van der Waals surface area (Å²) in [4.78, 5) is 10.7. The number of aromatic nitrogens is 4. The molecule has 1 aromatic carbocycles. The third kappa shape index (κ3) is 3.05. The lowest BCUT2D eigenvalue weighted by atomic mass is 10.1. The second-order valence-corrected chi connectivity index (χ2v) is 5.21. The third-order valence-electron chi connectivity index (χ3n) is 3.66. The first-order valence-electron chi connectivity index (χ1n) is 6.89. The van der Waals surface area contributed by atoms with Crippen molar-refractivity contribution in [1.29, 1.82) is 0 Å². The minimum absolute atomic E-state index is 0.344. The Morgan fingerprint density at radius 3 is 2.95 bits per heavy atom. The Labute approximate surface area is 122 Å².